The second kappa shape index (κ2) is 9.02. The summed E-state index contributed by atoms with van der Waals surface area (Å²) in [6.45, 7) is -3.68. The highest BCUT2D eigenvalue weighted by Crippen LogP contribution is 2.24. The van der Waals surface area contributed by atoms with Crippen LogP contribution in [0.2, 0.25) is 0 Å². The number of rotatable bonds is 7. The van der Waals surface area contributed by atoms with Gasteiger partial charge in [0, 0.05) is 5.69 Å². The quantitative estimate of drug-likeness (QED) is 0.557. The van der Waals surface area contributed by atoms with Crippen molar-refractivity contribution in [2.75, 3.05) is 11.9 Å². The molecule has 150 valence electrons. The van der Waals surface area contributed by atoms with Crippen LogP contribution in [0.3, 0.4) is 0 Å². The number of hydrogen-bond donors (Lipinski definition) is 1. The fourth-order valence-electron chi connectivity index (χ4n) is 1.92. The van der Waals surface area contributed by atoms with Gasteiger partial charge in [-0.25, -0.2) is 4.79 Å². The van der Waals surface area contributed by atoms with Crippen molar-refractivity contribution in [1.82, 2.24) is 0 Å². The monoisotopic (exact) mass is 405 g/mol. The molecule has 6 nitrogen and oxygen atoms in total. The summed E-state index contributed by atoms with van der Waals surface area (Å²) < 4.78 is 72.9. The first kappa shape index (κ1) is 20.9. The molecule has 28 heavy (non-hydrogen) atoms. The Morgan fingerprint density at radius 3 is 2.04 bits per heavy atom. The van der Waals surface area contributed by atoms with Crippen LogP contribution >= 0.6 is 0 Å². The minimum absolute atomic E-state index is 0.00284. The van der Waals surface area contributed by atoms with Gasteiger partial charge in [0.05, 0.1) is 5.56 Å². The topological polar surface area (TPSA) is 73.9 Å². The number of alkyl halides is 5. The van der Waals surface area contributed by atoms with Crippen LogP contribution in [-0.4, -0.2) is 31.5 Å². The predicted molar refractivity (Wildman–Crippen MR) is 85.1 cm³/mol. The third-order valence-electron chi connectivity index (χ3n) is 3.02. The Morgan fingerprint density at radius 2 is 1.50 bits per heavy atom. The molecule has 0 fully saturated rings. The third-order valence-corrected chi connectivity index (χ3v) is 3.02. The second-order valence-electron chi connectivity index (χ2n) is 5.10. The van der Waals surface area contributed by atoms with Gasteiger partial charge < -0.3 is 19.5 Å². The summed E-state index contributed by atoms with van der Waals surface area (Å²) in [6, 6.07) is 8.96. The summed E-state index contributed by atoms with van der Waals surface area (Å²) in [5, 5.41) is 2.31. The van der Waals surface area contributed by atoms with E-state index in [4.69, 9.17) is 4.74 Å². The number of esters is 1. The molecule has 1 amide bonds. The van der Waals surface area contributed by atoms with Crippen molar-refractivity contribution in [3.63, 3.8) is 0 Å². The maximum Gasteiger partial charge on any atom is 0.573 e. The molecule has 0 saturated heterocycles. The van der Waals surface area contributed by atoms with E-state index in [2.05, 4.69) is 14.8 Å². The van der Waals surface area contributed by atoms with Gasteiger partial charge in [0.1, 0.15) is 11.5 Å². The van der Waals surface area contributed by atoms with Crippen LogP contribution in [0.5, 0.6) is 11.5 Å². The second-order valence-corrected chi connectivity index (χ2v) is 5.10. The van der Waals surface area contributed by atoms with Crippen molar-refractivity contribution in [1.29, 1.82) is 0 Å². The first-order chi connectivity index (χ1) is 13.1. The number of nitrogens with one attached hydrogen (secondary N) is 1. The standard InChI is InChI=1S/C17H12F5NO5/c18-16(19)27-12-5-1-10(2-6-12)15(25)26-9-14(24)23-11-3-7-13(8-4-11)28-17(20,21)22/h1-8,16H,9H2,(H,23,24). The highest BCUT2D eigenvalue weighted by Gasteiger charge is 2.30. The fraction of sp³-hybridized carbons (Fsp3) is 0.176. The molecule has 11 heteroatoms. The van der Waals surface area contributed by atoms with Gasteiger partial charge in [-0.05, 0) is 48.5 Å². The van der Waals surface area contributed by atoms with E-state index in [0.29, 0.717) is 0 Å². The van der Waals surface area contributed by atoms with Gasteiger partial charge in [-0.3, -0.25) is 4.79 Å². The average Bonchev–Trinajstić information content (AvgIpc) is 2.60. The molecule has 0 atom stereocenters. The summed E-state index contributed by atoms with van der Waals surface area (Å²) in [5.74, 6) is -2.23. The van der Waals surface area contributed by atoms with E-state index < -0.39 is 37.2 Å². The Balaban J connectivity index is 1.82. The van der Waals surface area contributed by atoms with E-state index in [1.165, 1.54) is 24.3 Å². The molecular formula is C17H12F5NO5. The molecule has 0 aliphatic carbocycles. The molecule has 1 N–H and O–H groups in total. The molecule has 2 aromatic carbocycles. The van der Waals surface area contributed by atoms with Crippen molar-refractivity contribution in [2.45, 2.75) is 13.0 Å². The number of carbonyl (C=O) groups excluding carboxylic acids is 2. The Morgan fingerprint density at radius 1 is 0.929 bits per heavy atom. The molecule has 0 saturated carbocycles. The van der Waals surface area contributed by atoms with Crippen molar-refractivity contribution < 1.29 is 45.8 Å². The summed E-state index contributed by atoms with van der Waals surface area (Å²) in [5.41, 5.74) is 0.159. The zero-order valence-electron chi connectivity index (χ0n) is 13.8. The third kappa shape index (κ3) is 7.09. The maximum atomic E-state index is 12.1. The largest absolute Gasteiger partial charge is 0.573 e. The lowest BCUT2D eigenvalue weighted by molar-refractivity contribution is -0.274. The van der Waals surface area contributed by atoms with Gasteiger partial charge in [0.25, 0.3) is 5.91 Å². The number of ether oxygens (including phenoxy) is 3. The number of hydrogen-bond acceptors (Lipinski definition) is 5. The van der Waals surface area contributed by atoms with Crippen LogP contribution in [0.4, 0.5) is 27.6 Å². The Bertz CT molecular complexity index is 806. The minimum Gasteiger partial charge on any atom is -0.452 e. The zero-order valence-corrected chi connectivity index (χ0v) is 13.8. The number of halogens is 5. The molecule has 0 unspecified atom stereocenters. The normalized spacial score (nSPS) is 11.1. The van der Waals surface area contributed by atoms with Gasteiger partial charge >= 0.3 is 18.9 Å². The Hall–Kier alpha value is -3.37. The Labute approximate surface area is 154 Å². The average molecular weight is 405 g/mol. The van der Waals surface area contributed by atoms with Crippen molar-refractivity contribution in [3.8, 4) is 11.5 Å². The van der Waals surface area contributed by atoms with Gasteiger partial charge in [-0.1, -0.05) is 0 Å². The van der Waals surface area contributed by atoms with Gasteiger partial charge in [0.2, 0.25) is 0 Å². The van der Waals surface area contributed by atoms with E-state index in [1.807, 2.05) is 0 Å². The van der Waals surface area contributed by atoms with E-state index in [9.17, 15) is 31.5 Å². The Kier molecular flexibility index (Phi) is 6.74. The number of carbonyl (C=O) groups is 2. The molecule has 0 spiro atoms. The summed E-state index contributed by atoms with van der Waals surface area (Å²) in [4.78, 5) is 23.5. The lowest BCUT2D eigenvalue weighted by atomic mass is 10.2. The van der Waals surface area contributed by atoms with Gasteiger partial charge in [-0.15, -0.1) is 13.2 Å². The summed E-state index contributed by atoms with van der Waals surface area (Å²) >= 11 is 0. The predicted octanol–water partition coefficient (Wildman–Crippen LogP) is 3.98. The highest BCUT2D eigenvalue weighted by molar-refractivity contribution is 5.95. The molecular weight excluding hydrogens is 393 g/mol. The van der Waals surface area contributed by atoms with E-state index >= 15 is 0 Å². The first-order valence-electron chi connectivity index (χ1n) is 7.50. The number of amides is 1. The van der Waals surface area contributed by atoms with Crippen LogP contribution in [0.1, 0.15) is 10.4 Å². The van der Waals surface area contributed by atoms with Crippen LogP contribution in [0.25, 0.3) is 0 Å². The molecule has 2 aromatic rings. The van der Waals surface area contributed by atoms with Crippen LogP contribution < -0.4 is 14.8 Å². The molecule has 0 bridgehead atoms. The molecule has 2 rings (SSSR count). The SMILES string of the molecule is O=C(COC(=O)c1ccc(OC(F)F)cc1)Nc1ccc(OC(F)(F)F)cc1. The molecule has 0 heterocycles. The lowest BCUT2D eigenvalue weighted by Gasteiger charge is -2.10. The maximum absolute atomic E-state index is 12.1. The zero-order chi connectivity index (χ0) is 20.7. The van der Waals surface area contributed by atoms with Crippen LogP contribution in [0, 0.1) is 0 Å². The van der Waals surface area contributed by atoms with E-state index in [0.717, 1.165) is 24.3 Å². The molecule has 0 aliphatic heterocycles. The van der Waals surface area contributed by atoms with Crippen LogP contribution in [0.15, 0.2) is 48.5 Å². The minimum atomic E-state index is -4.83. The van der Waals surface area contributed by atoms with Gasteiger partial charge in [-0.2, -0.15) is 8.78 Å². The van der Waals surface area contributed by atoms with Crippen molar-refractivity contribution in [3.05, 3.63) is 54.1 Å². The van der Waals surface area contributed by atoms with Crippen LogP contribution in [-0.2, 0) is 9.53 Å². The smallest absolute Gasteiger partial charge is 0.452 e. The molecule has 0 radical (unpaired) electrons. The van der Waals surface area contributed by atoms with E-state index in [1.54, 1.807) is 0 Å². The fourth-order valence-corrected chi connectivity index (χ4v) is 1.92. The lowest BCUT2D eigenvalue weighted by Crippen LogP contribution is -2.21. The first-order valence-corrected chi connectivity index (χ1v) is 7.50. The summed E-state index contributed by atoms with van der Waals surface area (Å²) in [7, 11) is 0. The molecule has 0 aliphatic rings. The van der Waals surface area contributed by atoms with E-state index in [-0.39, 0.29) is 17.0 Å². The van der Waals surface area contributed by atoms with Crippen molar-refractivity contribution >= 4 is 17.6 Å². The molecule has 0 aromatic heterocycles. The highest BCUT2D eigenvalue weighted by atomic mass is 19.4. The van der Waals surface area contributed by atoms with Gasteiger partial charge in [0.15, 0.2) is 6.61 Å². The number of benzene rings is 2. The number of anilines is 1. The summed E-state index contributed by atoms with van der Waals surface area (Å²) in [6.07, 6.45) is -4.83. The van der Waals surface area contributed by atoms with Crippen molar-refractivity contribution in [2.24, 2.45) is 0 Å².